The quantitative estimate of drug-likeness (QED) is 0.746. The Balaban J connectivity index is 1.67. The first-order chi connectivity index (χ1) is 13.1. The van der Waals surface area contributed by atoms with Crippen LogP contribution in [0.1, 0.15) is 36.4 Å². The molecule has 0 bridgehead atoms. The second kappa shape index (κ2) is 9.51. The van der Waals surface area contributed by atoms with Crippen LogP contribution in [0.3, 0.4) is 0 Å². The van der Waals surface area contributed by atoms with Gasteiger partial charge in [0.2, 0.25) is 5.91 Å². The average Bonchev–Trinajstić information content (AvgIpc) is 3.21. The van der Waals surface area contributed by atoms with Gasteiger partial charge in [-0.3, -0.25) is 4.79 Å². The summed E-state index contributed by atoms with van der Waals surface area (Å²) >= 11 is 0. The highest BCUT2D eigenvalue weighted by molar-refractivity contribution is 5.76. The molecular weight excluding hydrogens is 343 g/mol. The highest BCUT2D eigenvalue weighted by Crippen LogP contribution is 2.22. The van der Waals surface area contributed by atoms with Gasteiger partial charge in [0.05, 0.1) is 13.2 Å². The number of nitrogens with one attached hydrogen (secondary N) is 2. The van der Waals surface area contributed by atoms with Gasteiger partial charge in [0.25, 0.3) is 0 Å². The van der Waals surface area contributed by atoms with E-state index in [2.05, 4.69) is 10.6 Å². The van der Waals surface area contributed by atoms with Gasteiger partial charge < -0.3 is 15.4 Å². The van der Waals surface area contributed by atoms with Crippen molar-refractivity contribution in [2.45, 2.75) is 31.7 Å². The van der Waals surface area contributed by atoms with Gasteiger partial charge in [-0.15, -0.1) is 0 Å². The highest BCUT2D eigenvalue weighted by Gasteiger charge is 2.19. The van der Waals surface area contributed by atoms with Crippen LogP contribution < -0.4 is 15.4 Å². The van der Waals surface area contributed by atoms with Crippen LogP contribution in [-0.2, 0) is 11.2 Å². The fraction of sp³-hybridized carbons (Fsp3) is 0.409. The smallest absolute Gasteiger partial charge is 0.220 e. The molecule has 5 heteroatoms. The largest absolute Gasteiger partial charge is 0.497 e. The van der Waals surface area contributed by atoms with Crippen molar-refractivity contribution in [1.82, 2.24) is 10.6 Å². The van der Waals surface area contributed by atoms with Gasteiger partial charge in [0.15, 0.2) is 0 Å². The maximum atomic E-state index is 13.2. The fourth-order valence-electron chi connectivity index (χ4n) is 3.51. The van der Waals surface area contributed by atoms with Crippen molar-refractivity contribution in [3.05, 3.63) is 65.5 Å². The Bertz CT molecular complexity index is 725. The second-order valence-electron chi connectivity index (χ2n) is 7.12. The van der Waals surface area contributed by atoms with Crippen LogP contribution >= 0.6 is 0 Å². The lowest BCUT2D eigenvalue weighted by molar-refractivity contribution is -0.122. The monoisotopic (exact) mass is 370 g/mol. The summed E-state index contributed by atoms with van der Waals surface area (Å²) in [5.74, 6) is 1.17. The summed E-state index contributed by atoms with van der Waals surface area (Å²) in [6.07, 6.45) is 3.20. The lowest BCUT2D eigenvalue weighted by Gasteiger charge is -2.20. The summed E-state index contributed by atoms with van der Waals surface area (Å²) in [4.78, 5) is 12.5. The highest BCUT2D eigenvalue weighted by atomic mass is 19.1. The number of halogens is 1. The Hall–Kier alpha value is -2.40. The number of rotatable bonds is 8. The topological polar surface area (TPSA) is 50.4 Å². The molecule has 1 amide bonds. The molecule has 1 heterocycles. The predicted molar refractivity (Wildman–Crippen MR) is 104 cm³/mol. The third-order valence-corrected chi connectivity index (χ3v) is 5.15. The van der Waals surface area contributed by atoms with Crippen LogP contribution in [-0.4, -0.2) is 26.1 Å². The van der Waals surface area contributed by atoms with Gasteiger partial charge in [0.1, 0.15) is 11.6 Å². The van der Waals surface area contributed by atoms with Crippen LogP contribution in [0.5, 0.6) is 5.75 Å². The summed E-state index contributed by atoms with van der Waals surface area (Å²) in [6.45, 7) is 2.05. The minimum Gasteiger partial charge on any atom is -0.497 e. The molecule has 1 fully saturated rings. The number of methoxy groups -OCH3 is 1. The zero-order chi connectivity index (χ0) is 19.1. The summed E-state index contributed by atoms with van der Waals surface area (Å²) in [5.41, 5.74) is 1.99. The van der Waals surface area contributed by atoms with Crippen molar-refractivity contribution in [3.63, 3.8) is 0 Å². The molecule has 144 valence electrons. The van der Waals surface area contributed by atoms with E-state index in [1.807, 2.05) is 24.3 Å². The van der Waals surface area contributed by atoms with Crippen molar-refractivity contribution in [2.75, 3.05) is 20.2 Å². The number of hydrogen-bond donors (Lipinski definition) is 2. The van der Waals surface area contributed by atoms with Crippen LogP contribution in [0.2, 0.25) is 0 Å². The third kappa shape index (κ3) is 5.79. The number of carbonyl (C=O) groups is 1. The molecule has 1 aliphatic rings. The zero-order valence-electron chi connectivity index (χ0n) is 15.7. The fourth-order valence-corrected chi connectivity index (χ4v) is 3.51. The van der Waals surface area contributed by atoms with E-state index in [-0.39, 0.29) is 17.8 Å². The SMILES string of the molecule is COc1ccc(C(Cc2ccc(F)cc2)NC(=O)CCC2CCNC2)cc1. The van der Waals surface area contributed by atoms with Gasteiger partial charge in [-0.05, 0) is 73.7 Å². The van der Waals surface area contributed by atoms with Gasteiger partial charge >= 0.3 is 0 Å². The van der Waals surface area contributed by atoms with Crippen molar-refractivity contribution < 1.29 is 13.9 Å². The number of benzene rings is 2. The number of hydrogen-bond acceptors (Lipinski definition) is 3. The van der Waals surface area contributed by atoms with E-state index >= 15 is 0 Å². The normalized spacial score (nSPS) is 17.5. The molecule has 27 heavy (non-hydrogen) atoms. The Labute approximate surface area is 160 Å². The molecule has 0 aromatic heterocycles. The first kappa shape index (κ1) is 19.4. The van der Waals surface area contributed by atoms with Gasteiger partial charge in [-0.1, -0.05) is 24.3 Å². The Morgan fingerprint density at radius 2 is 1.96 bits per heavy atom. The Kier molecular flexibility index (Phi) is 6.82. The standard InChI is InChI=1S/C22H27FN2O2/c1-27-20-9-5-18(6-10-20)21(14-16-2-7-19(23)8-3-16)25-22(26)11-4-17-12-13-24-15-17/h2-3,5-10,17,21,24H,4,11-15H2,1H3,(H,25,26). The minimum atomic E-state index is -0.256. The summed E-state index contributed by atoms with van der Waals surface area (Å²) in [5, 5.41) is 6.50. The Morgan fingerprint density at radius 1 is 1.22 bits per heavy atom. The molecule has 2 aromatic rings. The lowest BCUT2D eigenvalue weighted by atomic mass is 9.97. The molecule has 3 rings (SSSR count). The van der Waals surface area contributed by atoms with Crippen molar-refractivity contribution in [2.24, 2.45) is 5.92 Å². The Morgan fingerprint density at radius 3 is 2.59 bits per heavy atom. The van der Waals surface area contributed by atoms with Gasteiger partial charge in [-0.2, -0.15) is 0 Å². The lowest BCUT2D eigenvalue weighted by Crippen LogP contribution is -2.30. The molecule has 0 spiro atoms. The number of ether oxygens (including phenoxy) is 1. The first-order valence-electron chi connectivity index (χ1n) is 9.52. The van der Waals surface area contributed by atoms with Crippen molar-refractivity contribution in [1.29, 1.82) is 0 Å². The summed E-state index contributed by atoms with van der Waals surface area (Å²) < 4.78 is 18.4. The van der Waals surface area contributed by atoms with E-state index in [9.17, 15) is 9.18 Å². The summed E-state index contributed by atoms with van der Waals surface area (Å²) in [6, 6.07) is 14.0. The second-order valence-corrected chi connectivity index (χ2v) is 7.12. The molecule has 1 aliphatic heterocycles. The molecule has 2 N–H and O–H groups in total. The first-order valence-corrected chi connectivity index (χ1v) is 9.52. The zero-order valence-corrected chi connectivity index (χ0v) is 15.7. The summed E-state index contributed by atoms with van der Waals surface area (Å²) in [7, 11) is 1.63. The van der Waals surface area contributed by atoms with Crippen LogP contribution in [0.25, 0.3) is 0 Å². The molecule has 1 saturated heterocycles. The van der Waals surface area contributed by atoms with E-state index in [0.717, 1.165) is 42.8 Å². The van der Waals surface area contributed by atoms with Crippen LogP contribution in [0.15, 0.2) is 48.5 Å². The van der Waals surface area contributed by atoms with Crippen molar-refractivity contribution in [3.8, 4) is 5.75 Å². The predicted octanol–water partition coefficient (Wildman–Crippen LogP) is 3.62. The van der Waals surface area contributed by atoms with Crippen molar-refractivity contribution >= 4 is 5.91 Å². The molecule has 0 radical (unpaired) electrons. The number of carbonyl (C=O) groups excluding carboxylic acids is 1. The molecule has 0 saturated carbocycles. The molecular formula is C22H27FN2O2. The number of amides is 1. The van der Waals surface area contributed by atoms with E-state index in [4.69, 9.17) is 4.74 Å². The van der Waals surface area contributed by atoms with Crippen LogP contribution in [0.4, 0.5) is 4.39 Å². The minimum absolute atomic E-state index is 0.0600. The molecule has 2 atom stereocenters. The third-order valence-electron chi connectivity index (χ3n) is 5.15. The molecule has 2 unspecified atom stereocenters. The van der Waals surface area contributed by atoms with Gasteiger partial charge in [-0.25, -0.2) is 4.39 Å². The van der Waals surface area contributed by atoms with E-state index in [0.29, 0.717) is 18.8 Å². The maximum absolute atomic E-state index is 13.2. The van der Waals surface area contributed by atoms with E-state index in [1.165, 1.54) is 12.1 Å². The molecule has 0 aliphatic carbocycles. The van der Waals surface area contributed by atoms with Crippen LogP contribution in [0, 0.1) is 11.7 Å². The van der Waals surface area contributed by atoms with E-state index < -0.39 is 0 Å². The molecule has 4 nitrogen and oxygen atoms in total. The average molecular weight is 370 g/mol. The van der Waals surface area contributed by atoms with E-state index in [1.54, 1.807) is 19.2 Å². The molecule has 2 aromatic carbocycles. The van der Waals surface area contributed by atoms with Gasteiger partial charge in [0, 0.05) is 6.42 Å². The maximum Gasteiger partial charge on any atom is 0.220 e.